The number of aromatic nitrogens is 2. The Morgan fingerprint density at radius 3 is 2.78 bits per heavy atom. The van der Waals surface area contributed by atoms with Gasteiger partial charge >= 0.3 is 0 Å². The summed E-state index contributed by atoms with van der Waals surface area (Å²) >= 11 is 0. The number of nitrogens with one attached hydrogen (secondary N) is 1. The molecule has 4 nitrogen and oxygen atoms in total. The van der Waals surface area contributed by atoms with E-state index < -0.39 is 5.54 Å². The van der Waals surface area contributed by atoms with E-state index >= 15 is 0 Å². The monoisotopic (exact) mass is 242 g/mol. The van der Waals surface area contributed by atoms with Crippen LogP contribution in [0.25, 0.3) is 11.0 Å². The van der Waals surface area contributed by atoms with Crippen LogP contribution in [-0.4, -0.2) is 22.1 Å². The Bertz CT molecular complexity index is 593. The number of benzene rings is 1. The molecule has 18 heavy (non-hydrogen) atoms. The van der Waals surface area contributed by atoms with Crippen molar-refractivity contribution in [3.8, 4) is 6.07 Å². The maximum absolute atomic E-state index is 9.27. The third-order valence-corrected chi connectivity index (χ3v) is 3.32. The van der Waals surface area contributed by atoms with Gasteiger partial charge in [0.15, 0.2) is 0 Å². The molecule has 0 spiro atoms. The highest BCUT2D eigenvalue weighted by Gasteiger charge is 2.24. The molecule has 0 radical (unpaired) electrons. The van der Waals surface area contributed by atoms with Gasteiger partial charge in [-0.1, -0.05) is 19.1 Å². The molecule has 0 fully saturated rings. The maximum atomic E-state index is 9.27. The number of para-hydroxylation sites is 2. The van der Waals surface area contributed by atoms with Gasteiger partial charge in [0, 0.05) is 6.42 Å². The first-order chi connectivity index (χ1) is 8.63. The van der Waals surface area contributed by atoms with Crippen LogP contribution in [0.2, 0.25) is 0 Å². The number of rotatable bonds is 4. The number of fused-ring (bicyclic) bond motifs is 1. The lowest BCUT2D eigenvalue weighted by Crippen LogP contribution is -2.42. The van der Waals surface area contributed by atoms with E-state index in [2.05, 4.69) is 33.9 Å². The predicted molar refractivity (Wildman–Crippen MR) is 72.2 cm³/mol. The van der Waals surface area contributed by atoms with E-state index in [-0.39, 0.29) is 0 Å². The van der Waals surface area contributed by atoms with Crippen molar-refractivity contribution in [2.24, 2.45) is 0 Å². The molecule has 0 aliphatic rings. The summed E-state index contributed by atoms with van der Waals surface area (Å²) in [6, 6.07) is 10.4. The largest absolute Gasteiger partial charge is 0.325 e. The third-order valence-electron chi connectivity index (χ3n) is 3.32. The Morgan fingerprint density at radius 1 is 1.44 bits per heavy atom. The molecule has 1 aromatic carbocycles. The zero-order valence-electron chi connectivity index (χ0n) is 11.1. The summed E-state index contributed by atoms with van der Waals surface area (Å²) in [5.41, 5.74) is 1.50. The van der Waals surface area contributed by atoms with E-state index in [1.54, 1.807) is 0 Å². The maximum Gasteiger partial charge on any atom is 0.121 e. The van der Waals surface area contributed by atoms with Crippen LogP contribution in [0.1, 0.15) is 19.7 Å². The molecule has 1 atom stereocenters. The van der Waals surface area contributed by atoms with E-state index in [4.69, 9.17) is 0 Å². The zero-order chi connectivity index (χ0) is 13.2. The topological polar surface area (TPSA) is 53.6 Å². The van der Waals surface area contributed by atoms with Crippen molar-refractivity contribution in [2.75, 3.05) is 7.05 Å². The highest BCUT2D eigenvalue weighted by molar-refractivity contribution is 5.75. The zero-order valence-corrected chi connectivity index (χ0v) is 11.1. The quantitative estimate of drug-likeness (QED) is 0.893. The highest BCUT2D eigenvalue weighted by atomic mass is 15.1. The molecular formula is C14H18N4. The summed E-state index contributed by atoms with van der Waals surface area (Å²) < 4.78 is 2.13. The molecule has 0 aliphatic carbocycles. The minimum atomic E-state index is -0.576. The normalized spacial score (nSPS) is 14.3. The number of aryl methyl sites for hydroxylation is 1. The predicted octanol–water partition coefficient (Wildman–Crippen LogP) is 2.10. The molecule has 0 aliphatic heterocycles. The minimum Gasteiger partial charge on any atom is -0.325 e. The molecule has 0 bridgehead atoms. The van der Waals surface area contributed by atoms with Crippen LogP contribution < -0.4 is 5.32 Å². The summed E-state index contributed by atoms with van der Waals surface area (Å²) in [5.74, 6) is 1.02. The van der Waals surface area contributed by atoms with Crippen LogP contribution in [0.3, 0.4) is 0 Å². The SMILES string of the molecule is CCc1nc2ccccc2n1CC(C)(C#N)NC. The first-order valence-corrected chi connectivity index (χ1v) is 6.18. The molecule has 2 rings (SSSR count). The molecule has 0 amide bonds. The van der Waals surface area contributed by atoms with Gasteiger partial charge in [-0.25, -0.2) is 4.98 Å². The smallest absolute Gasteiger partial charge is 0.121 e. The summed E-state index contributed by atoms with van der Waals surface area (Å²) in [7, 11) is 1.81. The van der Waals surface area contributed by atoms with Crippen LogP contribution in [0.4, 0.5) is 0 Å². The summed E-state index contributed by atoms with van der Waals surface area (Å²) in [4.78, 5) is 4.61. The fourth-order valence-electron chi connectivity index (χ4n) is 2.06. The van der Waals surface area contributed by atoms with Gasteiger partial charge in [0.05, 0.1) is 23.6 Å². The molecule has 0 saturated carbocycles. The van der Waals surface area contributed by atoms with Crippen molar-refractivity contribution >= 4 is 11.0 Å². The first kappa shape index (κ1) is 12.6. The molecule has 94 valence electrons. The second kappa shape index (κ2) is 4.79. The molecule has 1 aromatic heterocycles. The summed E-state index contributed by atoms with van der Waals surface area (Å²) in [6.07, 6.45) is 0.861. The molecule has 2 aromatic rings. The summed E-state index contributed by atoms with van der Waals surface area (Å²) in [5, 5.41) is 12.3. The van der Waals surface area contributed by atoms with E-state index in [0.29, 0.717) is 6.54 Å². The van der Waals surface area contributed by atoms with Gasteiger partial charge in [0.1, 0.15) is 11.4 Å². The Morgan fingerprint density at radius 2 is 2.17 bits per heavy atom. The van der Waals surface area contributed by atoms with Gasteiger partial charge in [-0.3, -0.25) is 0 Å². The molecule has 1 N–H and O–H groups in total. The van der Waals surface area contributed by atoms with Gasteiger partial charge in [-0.05, 0) is 26.1 Å². The molecule has 1 heterocycles. The van der Waals surface area contributed by atoms with Crippen LogP contribution in [0.5, 0.6) is 0 Å². The first-order valence-electron chi connectivity index (χ1n) is 6.18. The number of nitrogens with zero attached hydrogens (tertiary/aromatic N) is 3. The van der Waals surface area contributed by atoms with Crippen LogP contribution >= 0.6 is 0 Å². The van der Waals surface area contributed by atoms with Crippen molar-refractivity contribution in [2.45, 2.75) is 32.4 Å². The Balaban J connectivity index is 2.53. The Kier molecular flexibility index (Phi) is 3.35. The molecule has 1 unspecified atom stereocenters. The molecule has 0 saturated heterocycles. The van der Waals surface area contributed by atoms with Crippen molar-refractivity contribution in [1.29, 1.82) is 5.26 Å². The standard InChI is InChI=1S/C14H18N4/c1-4-13-17-11-7-5-6-8-12(11)18(13)10-14(2,9-15)16-3/h5-8,16H,4,10H2,1-3H3. The Labute approximate surface area is 107 Å². The van der Waals surface area contributed by atoms with Gasteiger partial charge in [-0.15, -0.1) is 0 Å². The second-order valence-electron chi connectivity index (χ2n) is 4.65. The second-order valence-corrected chi connectivity index (χ2v) is 4.65. The number of nitriles is 1. The lowest BCUT2D eigenvalue weighted by Gasteiger charge is -2.22. The molecular weight excluding hydrogens is 224 g/mol. The van der Waals surface area contributed by atoms with E-state index in [1.807, 2.05) is 32.2 Å². The van der Waals surface area contributed by atoms with E-state index in [9.17, 15) is 5.26 Å². The Hall–Kier alpha value is -1.86. The van der Waals surface area contributed by atoms with Gasteiger partial charge < -0.3 is 9.88 Å². The fraction of sp³-hybridized carbons (Fsp3) is 0.429. The summed E-state index contributed by atoms with van der Waals surface area (Å²) in [6.45, 7) is 4.59. The number of hydrogen-bond donors (Lipinski definition) is 1. The van der Waals surface area contributed by atoms with Crippen molar-refractivity contribution < 1.29 is 0 Å². The lowest BCUT2D eigenvalue weighted by atomic mass is 10.1. The van der Waals surface area contributed by atoms with E-state index in [0.717, 1.165) is 23.3 Å². The average Bonchev–Trinajstić information content (AvgIpc) is 2.76. The van der Waals surface area contributed by atoms with Crippen LogP contribution in [0, 0.1) is 11.3 Å². The number of likely N-dealkylation sites (N-methyl/N-ethyl adjacent to an activating group) is 1. The highest BCUT2D eigenvalue weighted by Crippen LogP contribution is 2.19. The van der Waals surface area contributed by atoms with Crippen LogP contribution in [0.15, 0.2) is 24.3 Å². The van der Waals surface area contributed by atoms with Crippen molar-refractivity contribution in [1.82, 2.24) is 14.9 Å². The van der Waals surface area contributed by atoms with Gasteiger partial charge in [0.25, 0.3) is 0 Å². The van der Waals surface area contributed by atoms with Crippen molar-refractivity contribution in [3.05, 3.63) is 30.1 Å². The van der Waals surface area contributed by atoms with Crippen LogP contribution in [-0.2, 0) is 13.0 Å². The fourth-order valence-corrected chi connectivity index (χ4v) is 2.06. The number of imidazole rings is 1. The van der Waals surface area contributed by atoms with E-state index in [1.165, 1.54) is 0 Å². The lowest BCUT2D eigenvalue weighted by molar-refractivity contribution is 0.417. The molecule has 4 heteroatoms. The van der Waals surface area contributed by atoms with Gasteiger partial charge in [0.2, 0.25) is 0 Å². The van der Waals surface area contributed by atoms with Gasteiger partial charge in [-0.2, -0.15) is 5.26 Å². The third kappa shape index (κ3) is 2.09. The number of hydrogen-bond acceptors (Lipinski definition) is 3. The minimum absolute atomic E-state index is 0.576. The van der Waals surface area contributed by atoms with Crippen molar-refractivity contribution in [3.63, 3.8) is 0 Å². The average molecular weight is 242 g/mol.